The predicted molar refractivity (Wildman–Crippen MR) is 48.5 cm³/mol. The molecule has 0 aromatic heterocycles. The van der Waals surface area contributed by atoms with E-state index in [0.717, 1.165) is 11.6 Å². The number of carboxylic acids is 1. The summed E-state index contributed by atoms with van der Waals surface area (Å²) in [6.07, 6.45) is 1.06. The Hall–Kier alpha value is -1.77. The molecule has 0 saturated heterocycles. The number of aliphatic carboxylic acids is 1. The molecule has 1 aromatic rings. The second-order valence-electron chi connectivity index (χ2n) is 2.64. The molecule has 0 saturated carbocycles. The van der Waals surface area contributed by atoms with Crippen LogP contribution in [0.25, 0.3) is 0 Å². The van der Waals surface area contributed by atoms with Crippen LogP contribution >= 0.6 is 0 Å². The van der Waals surface area contributed by atoms with E-state index in [1.165, 1.54) is 0 Å². The Bertz CT molecular complexity index is 314. The quantitative estimate of drug-likeness (QED) is 0.547. The van der Waals surface area contributed by atoms with E-state index in [4.69, 9.17) is 10.2 Å². The van der Waals surface area contributed by atoms with Crippen molar-refractivity contribution in [2.45, 2.75) is 6.42 Å². The highest BCUT2D eigenvalue weighted by atomic mass is 16.4. The van der Waals surface area contributed by atoms with E-state index in [1.807, 2.05) is 30.3 Å². The minimum Gasteiger partial charge on any atom is -0.512 e. The Morgan fingerprint density at radius 1 is 1.23 bits per heavy atom. The molecule has 0 fully saturated rings. The number of carboxylic acid groups (broad SMARTS) is 1. The van der Waals surface area contributed by atoms with Gasteiger partial charge in [-0.05, 0) is 5.56 Å². The van der Waals surface area contributed by atoms with Gasteiger partial charge in [0.2, 0.25) is 0 Å². The van der Waals surface area contributed by atoms with Crippen molar-refractivity contribution >= 4 is 5.97 Å². The molecular weight excluding hydrogens is 168 g/mol. The van der Waals surface area contributed by atoms with Crippen molar-refractivity contribution in [3.63, 3.8) is 0 Å². The summed E-state index contributed by atoms with van der Waals surface area (Å²) in [6, 6.07) is 9.19. The third kappa shape index (κ3) is 3.42. The maximum Gasteiger partial charge on any atom is 0.331 e. The number of allylic oxidation sites excluding steroid dienone is 1. The van der Waals surface area contributed by atoms with Crippen LogP contribution < -0.4 is 0 Å². The highest BCUT2D eigenvalue weighted by molar-refractivity contribution is 5.80. The Labute approximate surface area is 76.0 Å². The van der Waals surface area contributed by atoms with Crippen molar-refractivity contribution in [3.8, 4) is 0 Å². The normalized spacial score (nSPS) is 11.2. The number of aliphatic hydroxyl groups excluding tert-OH is 1. The largest absolute Gasteiger partial charge is 0.512 e. The molecular formula is C10H10O3. The molecule has 2 N–H and O–H groups in total. The number of carbonyl (C=O) groups is 1. The van der Waals surface area contributed by atoms with Crippen LogP contribution in [-0.4, -0.2) is 16.2 Å². The smallest absolute Gasteiger partial charge is 0.331 e. The third-order valence-electron chi connectivity index (χ3n) is 1.52. The zero-order chi connectivity index (χ0) is 9.68. The molecule has 1 aromatic carbocycles. The van der Waals surface area contributed by atoms with Crippen molar-refractivity contribution in [2.24, 2.45) is 0 Å². The molecule has 0 atom stereocenters. The van der Waals surface area contributed by atoms with Crippen LogP contribution in [0.15, 0.2) is 42.2 Å². The van der Waals surface area contributed by atoms with Gasteiger partial charge in [-0.15, -0.1) is 0 Å². The van der Waals surface area contributed by atoms with Gasteiger partial charge in [0.25, 0.3) is 0 Å². The fourth-order valence-electron chi connectivity index (χ4n) is 0.999. The van der Waals surface area contributed by atoms with Crippen LogP contribution in [0.3, 0.4) is 0 Å². The minimum absolute atomic E-state index is 0.140. The fourth-order valence-corrected chi connectivity index (χ4v) is 0.999. The average Bonchev–Trinajstić information content (AvgIpc) is 2.04. The molecule has 0 bridgehead atoms. The standard InChI is InChI=1S/C10H10O3/c11-9(7-10(12)13)6-8-4-2-1-3-5-8/h1-5,7,11H,6H2,(H,12,13)/b9-7-. The zero-order valence-electron chi connectivity index (χ0n) is 6.97. The number of hydrogen-bond donors (Lipinski definition) is 2. The van der Waals surface area contributed by atoms with E-state index >= 15 is 0 Å². The lowest BCUT2D eigenvalue weighted by molar-refractivity contribution is -0.131. The van der Waals surface area contributed by atoms with Gasteiger partial charge in [-0.1, -0.05) is 30.3 Å². The summed E-state index contributed by atoms with van der Waals surface area (Å²) in [5.41, 5.74) is 0.887. The van der Waals surface area contributed by atoms with Gasteiger partial charge >= 0.3 is 5.97 Å². The van der Waals surface area contributed by atoms with Gasteiger partial charge < -0.3 is 10.2 Å². The average molecular weight is 178 g/mol. The highest BCUT2D eigenvalue weighted by Crippen LogP contribution is 2.04. The molecule has 68 valence electrons. The van der Waals surface area contributed by atoms with Gasteiger partial charge in [0, 0.05) is 6.42 Å². The number of benzene rings is 1. The molecule has 0 heterocycles. The Morgan fingerprint density at radius 3 is 2.38 bits per heavy atom. The Balaban J connectivity index is 2.65. The lowest BCUT2D eigenvalue weighted by Crippen LogP contribution is -1.95. The molecule has 1 rings (SSSR count). The summed E-state index contributed by atoms with van der Waals surface area (Å²) >= 11 is 0. The monoisotopic (exact) mass is 178 g/mol. The summed E-state index contributed by atoms with van der Waals surface area (Å²) in [6.45, 7) is 0. The van der Waals surface area contributed by atoms with E-state index in [1.54, 1.807) is 0 Å². The molecule has 0 aliphatic rings. The van der Waals surface area contributed by atoms with E-state index in [0.29, 0.717) is 0 Å². The lowest BCUT2D eigenvalue weighted by Gasteiger charge is -1.98. The molecule has 3 nitrogen and oxygen atoms in total. The third-order valence-corrected chi connectivity index (χ3v) is 1.52. The van der Waals surface area contributed by atoms with Crippen molar-refractivity contribution in [1.82, 2.24) is 0 Å². The second-order valence-corrected chi connectivity index (χ2v) is 2.64. The number of rotatable bonds is 3. The van der Waals surface area contributed by atoms with Gasteiger partial charge in [-0.25, -0.2) is 4.79 Å². The van der Waals surface area contributed by atoms with Gasteiger partial charge in [0.1, 0.15) is 5.76 Å². The molecule has 0 amide bonds. The van der Waals surface area contributed by atoms with Crippen molar-refractivity contribution < 1.29 is 15.0 Å². The SMILES string of the molecule is O=C(O)/C=C(\O)Cc1ccccc1. The maximum atomic E-state index is 10.2. The first-order chi connectivity index (χ1) is 6.18. The number of hydrogen-bond acceptors (Lipinski definition) is 2. The molecule has 13 heavy (non-hydrogen) atoms. The van der Waals surface area contributed by atoms with Gasteiger partial charge in [-0.3, -0.25) is 0 Å². The van der Waals surface area contributed by atoms with Crippen LogP contribution in [0, 0.1) is 0 Å². The van der Waals surface area contributed by atoms with E-state index in [-0.39, 0.29) is 12.2 Å². The molecule has 0 radical (unpaired) electrons. The van der Waals surface area contributed by atoms with Crippen molar-refractivity contribution in [2.75, 3.05) is 0 Å². The highest BCUT2D eigenvalue weighted by Gasteiger charge is 1.98. The maximum absolute atomic E-state index is 10.2. The van der Waals surface area contributed by atoms with Gasteiger partial charge in [0.05, 0.1) is 6.08 Å². The summed E-state index contributed by atoms with van der Waals surface area (Å²) in [4.78, 5) is 10.2. The summed E-state index contributed by atoms with van der Waals surface area (Å²) in [7, 11) is 0. The van der Waals surface area contributed by atoms with E-state index in [2.05, 4.69) is 0 Å². The van der Waals surface area contributed by atoms with Crippen LogP contribution in [0.2, 0.25) is 0 Å². The minimum atomic E-state index is -1.13. The first-order valence-electron chi connectivity index (χ1n) is 3.85. The zero-order valence-corrected chi connectivity index (χ0v) is 6.97. The molecule has 0 unspecified atom stereocenters. The first kappa shape index (κ1) is 9.32. The summed E-state index contributed by atoms with van der Waals surface area (Å²) in [5, 5.41) is 17.5. The van der Waals surface area contributed by atoms with Crippen molar-refractivity contribution in [3.05, 3.63) is 47.7 Å². The Morgan fingerprint density at radius 2 is 1.85 bits per heavy atom. The molecule has 3 heteroatoms. The van der Waals surface area contributed by atoms with Crippen LogP contribution in [0.4, 0.5) is 0 Å². The molecule has 0 aliphatic heterocycles. The van der Waals surface area contributed by atoms with Crippen molar-refractivity contribution in [1.29, 1.82) is 0 Å². The van der Waals surface area contributed by atoms with Gasteiger partial charge in [-0.2, -0.15) is 0 Å². The Kier molecular flexibility index (Phi) is 3.09. The number of aliphatic hydroxyl groups is 1. The molecule has 0 aliphatic carbocycles. The van der Waals surface area contributed by atoms with Crippen LogP contribution in [0.5, 0.6) is 0 Å². The van der Waals surface area contributed by atoms with Crippen LogP contribution in [-0.2, 0) is 11.2 Å². The topological polar surface area (TPSA) is 57.5 Å². The first-order valence-corrected chi connectivity index (χ1v) is 3.85. The fraction of sp³-hybridized carbons (Fsp3) is 0.100. The molecule has 0 spiro atoms. The van der Waals surface area contributed by atoms with Crippen LogP contribution in [0.1, 0.15) is 5.56 Å². The summed E-state index contributed by atoms with van der Waals surface area (Å²) < 4.78 is 0. The second kappa shape index (κ2) is 4.30. The lowest BCUT2D eigenvalue weighted by atomic mass is 10.1. The van der Waals surface area contributed by atoms with E-state index in [9.17, 15) is 4.79 Å². The van der Waals surface area contributed by atoms with Gasteiger partial charge in [0.15, 0.2) is 0 Å². The summed E-state index contributed by atoms with van der Waals surface area (Å²) in [5.74, 6) is -1.27. The predicted octanol–water partition coefficient (Wildman–Crippen LogP) is 1.76. The van der Waals surface area contributed by atoms with E-state index < -0.39 is 5.97 Å².